The van der Waals surface area contributed by atoms with E-state index in [0.29, 0.717) is 0 Å². The van der Waals surface area contributed by atoms with E-state index < -0.39 is 0 Å². The fourth-order valence-corrected chi connectivity index (χ4v) is 2.62. The Hall–Kier alpha value is -0.0800. The van der Waals surface area contributed by atoms with E-state index >= 15 is 0 Å². The van der Waals surface area contributed by atoms with E-state index in [0.717, 1.165) is 24.4 Å². The minimum atomic E-state index is 0.245. The van der Waals surface area contributed by atoms with Crippen LogP contribution >= 0.6 is 0 Å². The summed E-state index contributed by atoms with van der Waals surface area (Å²) < 4.78 is 0. The summed E-state index contributed by atoms with van der Waals surface area (Å²) in [4.78, 5) is 2.68. The zero-order valence-electron chi connectivity index (χ0n) is 12.7. The van der Waals surface area contributed by atoms with Gasteiger partial charge in [-0.2, -0.15) is 0 Å². The van der Waals surface area contributed by atoms with Crippen molar-refractivity contribution >= 4 is 0 Å². The molecule has 17 heavy (non-hydrogen) atoms. The third kappa shape index (κ3) is 5.39. The fourth-order valence-electron chi connectivity index (χ4n) is 2.62. The molecular formula is C15H32N2. The third-order valence-electron chi connectivity index (χ3n) is 4.03. The minimum Gasteiger partial charge on any atom is -0.312 e. The van der Waals surface area contributed by atoms with Gasteiger partial charge in [0.1, 0.15) is 0 Å². The number of nitrogens with zero attached hydrogens (tertiary/aromatic N) is 1. The van der Waals surface area contributed by atoms with Gasteiger partial charge in [0.05, 0.1) is 0 Å². The Morgan fingerprint density at radius 2 is 1.94 bits per heavy atom. The molecule has 0 aromatic rings. The Balaban J connectivity index is 2.32. The Kier molecular flexibility index (Phi) is 5.46. The quantitative estimate of drug-likeness (QED) is 0.812. The average Bonchev–Trinajstić information content (AvgIpc) is 2.21. The van der Waals surface area contributed by atoms with Gasteiger partial charge in [-0.15, -0.1) is 0 Å². The van der Waals surface area contributed by atoms with E-state index in [2.05, 4.69) is 51.8 Å². The van der Waals surface area contributed by atoms with E-state index in [4.69, 9.17) is 0 Å². The van der Waals surface area contributed by atoms with Gasteiger partial charge in [0.15, 0.2) is 0 Å². The molecule has 1 aliphatic rings. The molecule has 1 rings (SSSR count). The number of nitrogens with one attached hydrogen (secondary N) is 1. The standard InChI is InChI=1S/C15H32N2/c1-12(10-16-15(4,5)6)11-17-9-7-8-13(2)14(17)3/h12-14,16H,7-11H2,1-6H3. The Morgan fingerprint density at radius 1 is 1.29 bits per heavy atom. The zero-order valence-corrected chi connectivity index (χ0v) is 12.7. The highest BCUT2D eigenvalue weighted by molar-refractivity contribution is 4.80. The monoisotopic (exact) mass is 240 g/mol. The molecule has 0 bridgehead atoms. The highest BCUT2D eigenvalue weighted by atomic mass is 15.2. The molecule has 0 aromatic carbocycles. The topological polar surface area (TPSA) is 15.3 Å². The predicted molar refractivity (Wildman–Crippen MR) is 76.4 cm³/mol. The van der Waals surface area contributed by atoms with Crippen LogP contribution in [0.2, 0.25) is 0 Å². The van der Waals surface area contributed by atoms with Crippen molar-refractivity contribution in [3.63, 3.8) is 0 Å². The first-order chi connectivity index (χ1) is 7.79. The molecule has 1 heterocycles. The lowest BCUT2D eigenvalue weighted by atomic mass is 9.91. The molecule has 3 unspecified atom stereocenters. The van der Waals surface area contributed by atoms with Crippen molar-refractivity contribution in [2.24, 2.45) is 11.8 Å². The Labute approximate surface area is 108 Å². The second kappa shape index (κ2) is 6.19. The number of likely N-dealkylation sites (tertiary alicyclic amines) is 1. The van der Waals surface area contributed by atoms with Crippen molar-refractivity contribution in [2.45, 2.75) is 66.0 Å². The first-order valence-electron chi connectivity index (χ1n) is 7.28. The molecule has 1 N–H and O–H groups in total. The van der Waals surface area contributed by atoms with Gasteiger partial charge < -0.3 is 10.2 Å². The first kappa shape index (κ1) is 15.0. The molecule has 102 valence electrons. The molecule has 0 radical (unpaired) electrons. The molecule has 0 amide bonds. The lowest BCUT2D eigenvalue weighted by Crippen LogP contribution is -2.47. The second-order valence-corrected chi connectivity index (χ2v) is 7.09. The van der Waals surface area contributed by atoms with Crippen LogP contribution in [0.25, 0.3) is 0 Å². The van der Waals surface area contributed by atoms with Crippen molar-refractivity contribution in [2.75, 3.05) is 19.6 Å². The molecule has 2 nitrogen and oxygen atoms in total. The number of hydrogen-bond acceptors (Lipinski definition) is 2. The lowest BCUT2D eigenvalue weighted by Gasteiger charge is -2.39. The van der Waals surface area contributed by atoms with Gasteiger partial charge in [-0.25, -0.2) is 0 Å². The first-order valence-corrected chi connectivity index (χ1v) is 7.28. The summed E-state index contributed by atoms with van der Waals surface area (Å²) in [6.45, 7) is 17.6. The van der Waals surface area contributed by atoms with Crippen molar-refractivity contribution in [3.05, 3.63) is 0 Å². The molecule has 1 saturated heterocycles. The van der Waals surface area contributed by atoms with E-state index in [1.165, 1.54) is 25.9 Å². The van der Waals surface area contributed by atoms with Crippen LogP contribution in [0.3, 0.4) is 0 Å². The van der Waals surface area contributed by atoms with Gasteiger partial charge in [0, 0.05) is 18.1 Å². The summed E-state index contributed by atoms with van der Waals surface area (Å²) in [5.74, 6) is 1.61. The van der Waals surface area contributed by atoms with Crippen LogP contribution in [0.5, 0.6) is 0 Å². The Bertz CT molecular complexity index is 219. The van der Waals surface area contributed by atoms with E-state index in [9.17, 15) is 0 Å². The van der Waals surface area contributed by atoms with Crippen molar-refractivity contribution in [1.82, 2.24) is 10.2 Å². The molecule has 0 saturated carbocycles. The summed E-state index contributed by atoms with van der Waals surface area (Å²) in [7, 11) is 0. The SMILES string of the molecule is CC(CNC(C)(C)C)CN1CCCC(C)C1C. The summed E-state index contributed by atoms with van der Waals surface area (Å²) in [6.07, 6.45) is 2.79. The molecule has 0 aliphatic carbocycles. The third-order valence-corrected chi connectivity index (χ3v) is 4.03. The summed E-state index contributed by atoms with van der Waals surface area (Å²) in [5, 5.41) is 3.61. The molecular weight excluding hydrogens is 208 g/mol. The van der Waals surface area contributed by atoms with Gasteiger partial charge >= 0.3 is 0 Å². The van der Waals surface area contributed by atoms with Gasteiger partial charge in [-0.05, 0) is 65.5 Å². The molecule has 0 spiro atoms. The van der Waals surface area contributed by atoms with Crippen LogP contribution in [0, 0.1) is 11.8 Å². The van der Waals surface area contributed by atoms with Gasteiger partial charge in [0.2, 0.25) is 0 Å². The Morgan fingerprint density at radius 3 is 2.53 bits per heavy atom. The second-order valence-electron chi connectivity index (χ2n) is 7.09. The predicted octanol–water partition coefficient (Wildman–Crippen LogP) is 3.13. The zero-order chi connectivity index (χ0) is 13.1. The lowest BCUT2D eigenvalue weighted by molar-refractivity contribution is 0.0966. The minimum absolute atomic E-state index is 0.245. The normalized spacial score (nSPS) is 29.3. The average molecular weight is 240 g/mol. The number of rotatable bonds is 4. The molecule has 0 aromatic heterocycles. The molecule has 2 heteroatoms. The van der Waals surface area contributed by atoms with Crippen molar-refractivity contribution in [1.29, 1.82) is 0 Å². The maximum Gasteiger partial charge on any atom is 0.00966 e. The largest absolute Gasteiger partial charge is 0.312 e. The van der Waals surface area contributed by atoms with E-state index in [1.54, 1.807) is 0 Å². The molecule has 3 atom stereocenters. The number of piperidine rings is 1. The van der Waals surface area contributed by atoms with Crippen LogP contribution in [-0.2, 0) is 0 Å². The van der Waals surface area contributed by atoms with Crippen molar-refractivity contribution in [3.8, 4) is 0 Å². The maximum atomic E-state index is 3.61. The van der Waals surface area contributed by atoms with Crippen LogP contribution in [0.1, 0.15) is 54.4 Å². The smallest absolute Gasteiger partial charge is 0.00966 e. The summed E-state index contributed by atoms with van der Waals surface area (Å²) in [5.41, 5.74) is 0.245. The number of hydrogen-bond donors (Lipinski definition) is 1. The van der Waals surface area contributed by atoms with Gasteiger partial charge in [-0.1, -0.05) is 13.8 Å². The molecule has 1 aliphatic heterocycles. The van der Waals surface area contributed by atoms with Crippen molar-refractivity contribution < 1.29 is 0 Å². The highest BCUT2D eigenvalue weighted by Gasteiger charge is 2.25. The van der Waals surface area contributed by atoms with Crippen LogP contribution in [0.15, 0.2) is 0 Å². The van der Waals surface area contributed by atoms with E-state index in [-0.39, 0.29) is 5.54 Å². The van der Waals surface area contributed by atoms with Crippen LogP contribution in [-0.4, -0.2) is 36.1 Å². The summed E-state index contributed by atoms with van der Waals surface area (Å²) in [6, 6.07) is 0.765. The summed E-state index contributed by atoms with van der Waals surface area (Å²) >= 11 is 0. The van der Waals surface area contributed by atoms with Crippen LogP contribution < -0.4 is 5.32 Å². The highest BCUT2D eigenvalue weighted by Crippen LogP contribution is 2.23. The van der Waals surface area contributed by atoms with Gasteiger partial charge in [0.25, 0.3) is 0 Å². The van der Waals surface area contributed by atoms with Gasteiger partial charge in [-0.3, -0.25) is 0 Å². The molecule has 1 fully saturated rings. The fraction of sp³-hybridized carbons (Fsp3) is 1.00. The van der Waals surface area contributed by atoms with Crippen LogP contribution in [0.4, 0.5) is 0 Å². The maximum absolute atomic E-state index is 3.61. The van der Waals surface area contributed by atoms with E-state index in [1.807, 2.05) is 0 Å².